The minimum Gasteiger partial charge on any atom is -0.352 e. The fourth-order valence-electron chi connectivity index (χ4n) is 1.27. The summed E-state index contributed by atoms with van der Waals surface area (Å²) in [5.41, 5.74) is 6.49. The minimum absolute atomic E-state index is 0.0345. The summed E-state index contributed by atoms with van der Waals surface area (Å²) in [5, 5.41) is 2.87. The molecule has 0 saturated heterocycles. The zero-order valence-electron chi connectivity index (χ0n) is 9.86. The summed E-state index contributed by atoms with van der Waals surface area (Å²) in [6, 6.07) is 3.77. The second kappa shape index (κ2) is 5.61. The molecule has 0 bridgehead atoms. The molecule has 0 radical (unpaired) electrons. The van der Waals surface area contributed by atoms with Gasteiger partial charge in [0.25, 0.3) is 0 Å². The Labute approximate surface area is 96.3 Å². The van der Waals surface area contributed by atoms with E-state index >= 15 is 0 Å². The molecule has 0 aliphatic carbocycles. The lowest BCUT2D eigenvalue weighted by atomic mass is 9.89. The first-order chi connectivity index (χ1) is 7.53. The minimum atomic E-state index is -0.137. The largest absolute Gasteiger partial charge is 0.352 e. The van der Waals surface area contributed by atoms with Gasteiger partial charge in [-0.1, -0.05) is 13.8 Å². The van der Waals surface area contributed by atoms with Crippen LogP contribution in [0.25, 0.3) is 0 Å². The number of carbonyl (C=O) groups is 1. The molecule has 0 aliphatic rings. The molecule has 1 heterocycles. The third-order valence-corrected chi connectivity index (χ3v) is 2.43. The molecule has 4 nitrogen and oxygen atoms in total. The van der Waals surface area contributed by atoms with E-state index in [1.807, 2.05) is 26.0 Å². The number of hydrogen-bond donors (Lipinski definition) is 2. The van der Waals surface area contributed by atoms with Gasteiger partial charge in [-0.3, -0.25) is 9.78 Å². The number of pyridine rings is 1. The van der Waals surface area contributed by atoms with E-state index in [-0.39, 0.29) is 11.3 Å². The van der Waals surface area contributed by atoms with Gasteiger partial charge < -0.3 is 11.1 Å². The highest BCUT2D eigenvalue weighted by molar-refractivity contribution is 5.76. The van der Waals surface area contributed by atoms with E-state index in [0.717, 1.165) is 5.56 Å². The van der Waals surface area contributed by atoms with Gasteiger partial charge in [-0.25, -0.2) is 0 Å². The zero-order chi connectivity index (χ0) is 12.0. The topological polar surface area (TPSA) is 68.0 Å². The van der Waals surface area contributed by atoms with Crippen LogP contribution >= 0.6 is 0 Å². The summed E-state index contributed by atoms with van der Waals surface area (Å²) in [4.78, 5) is 15.5. The quantitative estimate of drug-likeness (QED) is 0.781. The summed E-state index contributed by atoms with van der Waals surface area (Å²) in [5.74, 6) is 0.0345. The molecule has 0 fully saturated rings. The maximum atomic E-state index is 11.6. The van der Waals surface area contributed by atoms with E-state index in [2.05, 4.69) is 10.3 Å². The third-order valence-electron chi connectivity index (χ3n) is 2.43. The van der Waals surface area contributed by atoms with E-state index in [1.54, 1.807) is 12.4 Å². The monoisotopic (exact) mass is 221 g/mol. The lowest BCUT2D eigenvalue weighted by molar-refractivity contribution is -0.123. The maximum Gasteiger partial charge on any atom is 0.220 e. The van der Waals surface area contributed by atoms with Crippen molar-refractivity contribution in [3.63, 3.8) is 0 Å². The first-order valence-corrected chi connectivity index (χ1v) is 5.39. The molecule has 1 rings (SSSR count). The number of rotatable bonds is 5. The SMILES string of the molecule is CC(C)(CN)CC(=O)NCc1ccncc1. The fourth-order valence-corrected chi connectivity index (χ4v) is 1.27. The molecule has 0 spiro atoms. The van der Waals surface area contributed by atoms with Gasteiger partial charge in [-0.05, 0) is 29.7 Å². The van der Waals surface area contributed by atoms with Crippen molar-refractivity contribution in [1.29, 1.82) is 0 Å². The van der Waals surface area contributed by atoms with E-state index in [4.69, 9.17) is 5.73 Å². The summed E-state index contributed by atoms with van der Waals surface area (Å²) in [6.07, 6.45) is 3.88. The summed E-state index contributed by atoms with van der Waals surface area (Å²) < 4.78 is 0. The van der Waals surface area contributed by atoms with Crippen LogP contribution in [0.2, 0.25) is 0 Å². The first kappa shape index (κ1) is 12.6. The highest BCUT2D eigenvalue weighted by atomic mass is 16.1. The Morgan fingerprint density at radius 1 is 1.44 bits per heavy atom. The van der Waals surface area contributed by atoms with Crippen LogP contribution in [-0.2, 0) is 11.3 Å². The molecule has 3 N–H and O–H groups in total. The number of aromatic nitrogens is 1. The highest BCUT2D eigenvalue weighted by Gasteiger charge is 2.19. The van der Waals surface area contributed by atoms with Crippen molar-refractivity contribution in [1.82, 2.24) is 10.3 Å². The molecule has 0 aliphatic heterocycles. The Kier molecular flexibility index (Phi) is 4.43. The lowest BCUT2D eigenvalue weighted by Gasteiger charge is -2.21. The van der Waals surface area contributed by atoms with Crippen molar-refractivity contribution < 1.29 is 4.79 Å². The van der Waals surface area contributed by atoms with E-state index < -0.39 is 0 Å². The molecular formula is C12H19N3O. The lowest BCUT2D eigenvalue weighted by Crippen LogP contribution is -2.32. The average Bonchev–Trinajstić information content (AvgIpc) is 2.27. The van der Waals surface area contributed by atoms with Crippen LogP contribution in [-0.4, -0.2) is 17.4 Å². The molecule has 1 aromatic heterocycles. The van der Waals surface area contributed by atoms with Gasteiger partial charge in [0.05, 0.1) is 0 Å². The second-order valence-electron chi connectivity index (χ2n) is 4.68. The van der Waals surface area contributed by atoms with Gasteiger partial charge in [0, 0.05) is 25.4 Å². The third kappa shape index (κ3) is 4.40. The van der Waals surface area contributed by atoms with Crippen LogP contribution in [0.15, 0.2) is 24.5 Å². The van der Waals surface area contributed by atoms with E-state index in [1.165, 1.54) is 0 Å². The summed E-state index contributed by atoms with van der Waals surface area (Å²) in [7, 11) is 0. The van der Waals surface area contributed by atoms with Gasteiger partial charge in [0.2, 0.25) is 5.91 Å². The Hall–Kier alpha value is -1.42. The van der Waals surface area contributed by atoms with Crippen LogP contribution in [0.1, 0.15) is 25.8 Å². The molecule has 1 aromatic rings. The number of nitrogens with zero attached hydrogens (tertiary/aromatic N) is 1. The average molecular weight is 221 g/mol. The maximum absolute atomic E-state index is 11.6. The fraction of sp³-hybridized carbons (Fsp3) is 0.500. The van der Waals surface area contributed by atoms with Crippen LogP contribution < -0.4 is 11.1 Å². The molecule has 4 heteroatoms. The van der Waals surface area contributed by atoms with E-state index in [0.29, 0.717) is 19.5 Å². The van der Waals surface area contributed by atoms with E-state index in [9.17, 15) is 4.79 Å². The predicted octanol–water partition coefficient (Wildman–Crippen LogP) is 1.07. The van der Waals surface area contributed by atoms with Gasteiger partial charge in [-0.2, -0.15) is 0 Å². The molecule has 0 aromatic carbocycles. The summed E-state index contributed by atoms with van der Waals surface area (Å²) >= 11 is 0. The number of amides is 1. The number of carbonyl (C=O) groups excluding carboxylic acids is 1. The number of hydrogen-bond acceptors (Lipinski definition) is 3. The molecule has 88 valence electrons. The number of nitrogens with one attached hydrogen (secondary N) is 1. The van der Waals surface area contributed by atoms with Gasteiger partial charge in [-0.15, -0.1) is 0 Å². The molecule has 0 saturated carbocycles. The van der Waals surface area contributed by atoms with Gasteiger partial charge in [0.15, 0.2) is 0 Å². The van der Waals surface area contributed by atoms with Crippen molar-refractivity contribution in [2.24, 2.45) is 11.1 Å². The van der Waals surface area contributed by atoms with Crippen molar-refractivity contribution in [3.8, 4) is 0 Å². The Balaban J connectivity index is 2.36. The molecule has 1 amide bonds. The van der Waals surface area contributed by atoms with Crippen LogP contribution in [0.3, 0.4) is 0 Å². The van der Waals surface area contributed by atoms with Crippen LogP contribution in [0, 0.1) is 5.41 Å². The molecule has 0 atom stereocenters. The number of nitrogens with two attached hydrogens (primary N) is 1. The molecule has 0 unspecified atom stereocenters. The predicted molar refractivity (Wildman–Crippen MR) is 63.5 cm³/mol. The van der Waals surface area contributed by atoms with Crippen molar-refractivity contribution >= 4 is 5.91 Å². The first-order valence-electron chi connectivity index (χ1n) is 5.39. The Bertz CT molecular complexity index is 335. The van der Waals surface area contributed by atoms with Gasteiger partial charge >= 0.3 is 0 Å². The van der Waals surface area contributed by atoms with Crippen molar-refractivity contribution in [2.45, 2.75) is 26.8 Å². The molecule has 16 heavy (non-hydrogen) atoms. The Morgan fingerprint density at radius 2 is 2.06 bits per heavy atom. The standard InChI is InChI=1S/C12H19N3O/c1-12(2,9-13)7-11(16)15-8-10-3-5-14-6-4-10/h3-6H,7-9,13H2,1-2H3,(H,15,16). The Morgan fingerprint density at radius 3 is 2.62 bits per heavy atom. The van der Waals surface area contributed by atoms with Crippen molar-refractivity contribution in [2.75, 3.05) is 6.54 Å². The van der Waals surface area contributed by atoms with Crippen molar-refractivity contribution in [3.05, 3.63) is 30.1 Å². The van der Waals surface area contributed by atoms with Gasteiger partial charge in [0.1, 0.15) is 0 Å². The summed E-state index contributed by atoms with van der Waals surface area (Å²) in [6.45, 7) is 5.02. The zero-order valence-corrected chi connectivity index (χ0v) is 9.86. The highest BCUT2D eigenvalue weighted by Crippen LogP contribution is 2.17. The van der Waals surface area contributed by atoms with Crippen LogP contribution in [0.4, 0.5) is 0 Å². The normalized spacial score (nSPS) is 11.2. The van der Waals surface area contributed by atoms with Crippen LogP contribution in [0.5, 0.6) is 0 Å². The smallest absolute Gasteiger partial charge is 0.220 e. The second-order valence-corrected chi connectivity index (χ2v) is 4.68. The molecular weight excluding hydrogens is 202 g/mol.